The summed E-state index contributed by atoms with van der Waals surface area (Å²) in [5, 5.41) is 2.76. The molecular formula is C13H21N3O2. The number of anilines is 1. The van der Waals surface area contributed by atoms with Gasteiger partial charge in [0.1, 0.15) is 0 Å². The molecule has 0 saturated heterocycles. The van der Waals surface area contributed by atoms with E-state index in [9.17, 15) is 9.59 Å². The first-order valence-corrected chi connectivity index (χ1v) is 5.86. The lowest BCUT2D eigenvalue weighted by atomic mass is 9.87. The molecule has 0 aromatic carbocycles. The number of rotatable bonds is 2. The maximum Gasteiger partial charge on any atom is 0.250 e. The fourth-order valence-corrected chi connectivity index (χ4v) is 1.46. The highest BCUT2D eigenvalue weighted by Crippen LogP contribution is 2.19. The number of nitrogens with zero attached hydrogens (tertiary/aromatic N) is 1. The molecule has 1 heterocycles. The molecule has 0 aliphatic rings. The van der Waals surface area contributed by atoms with Crippen molar-refractivity contribution >= 4 is 11.6 Å². The minimum atomic E-state index is -0.603. The molecule has 1 aromatic rings. The number of aryl methyl sites for hydroxylation is 2. The Morgan fingerprint density at radius 1 is 1.44 bits per heavy atom. The monoisotopic (exact) mass is 251 g/mol. The Balaban J connectivity index is 2.96. The van der Waals surface area contributed by atoms with Crippen molar-refractivity contribution in [3.05, 3.63) is 28.2 Å². The maximum atomic E-state index is 12.0. The van der Waals surface area contributed by atoms with Crippen LogP contribution in [-0.2, 0) is 11.8 Å². The van der Waals surface area contributed by atoms with Crippen molar-refractivity contribution < 1.29 is 4.79 Å². The topological polar surface area (TPSA) is 77.1 Å². The number of amides is 1. The molecule has 5 heteroatoms. The van der Waals surface area contributed by atoms with Gasteiger partial charge in [-0.1, -0.05) is 20.8 Å². The van der Waals surface area contributed by atoms with Gasteiger partial charge in [-0.25, -0.2) is 0 Å². The zero-order valence-electron chi connectivity index (χ0n) is 11.6. The van der Waals surface area contributed by atoms with Gasteiger partial charge in [-0.2, -0.15) is 0 Å². The van der Waals surface area contributed by atoms with E-state index in [1.54, 1.807) is 20.2 Å². The summed E-state index contributed by atoms with van der Waals surface area (Å²) in [7, 11) is 1.64. The molecule has 0 unspecified atom stereocenters. The van der Waals surface area contributed by atoms with E-state index in [-0.39, 0.29) is 16.9 Å². The van der Waals surface area contributed by atoms with E-state index < -0.39 is 6.04 Å². The van der Waals surface area contributed by atoms with Crippen LogP contribution in [0.15, 0.2) is 17.1 Å². The van der Waals surface area contributed by atoms with Crippen LogP contribution in [0.4, 0.5) is 5.69 Å². The van der Waals surface area contributed by atoms with Crippen LogP contribution in [-0.4, -0.2) is 16.5 Å². The molecule has 0 aliphatic heterocycles. The molecule has 0 aliphatic carbocycles. The van der Waals surface area contributed by atoms with Crippen LogP contribution in [0.2, 0.25) is 0 Å². The van der Waals surface area contributed by atoms with Crippen molar-refractivity contribution in [2.75, 3.05) is 5.32 Å². The Morgan fingerprint density at radius 3 is 2.50 bits per heavy atom. The predicted octanol–water partition coefficient (Wildman–Crippen LogP) is 1.01. The number of hydrogen-bond acceptors (Lipinski definition) is 3. The molecule has 18 heavy (non-hydrogen) atoms. The third-order valence-electron chi connectivity index (χ3n) is 2.91. The second-order valence-corrected chi connectivity index (χ2v) is 5.65. The minimum absolute atomic E-state index is 0.106. The van der Waals surface area contributed by atoms with Crippen LogP contribution in [0.3, 0.4) is 0 Å². The van der Waals surface area contributed by atoms with Crippen molar-refractivity contribution in [2.45, 2.75) is 33.7 Å². The quantitative estimate of drug-likeness (QED) is 0.823. The van der Waals surface area contributed by atoms with E-state index in [1.807, 2.05) is 20.8 Å². The Labute approximate surface area is 107 Å². The van der Waals surface area contributed by atoms with E-state index in [0.717, 1.165) is 5.56 Å². The molecule has 0 fully saturated rings. The van der Waals surface area contributed by atoms with Crippen LogP contribution < -0.4 is 16.6 Å². The van der Waals surface area contributed by atoms with E-state index in [1.165, 1.54) is 10.6 Å². The summed E-state index contributed by atoms with van der Waals surface area (Å²) in [6.45, 7) is 7.50. The fourth-order valence-electron chi connectivity index (χ4n) is 1.46. The molecule has 1 atom stereocenters. The number of aromatic nitrogens is 1. The average Bonchev–Trinajstić information content (AvgIpc) is 2.23. The van der Waals surface area contributed by atoms with Gasteiger partial charge in [0.25, 0.3) is 5.56 Å². The molecule has 0 saturated carbocycles. The Kier molecular flexibility index (Phi) is 3.96. The van der Waals surface area contributed by atoms with Gasteiger partial charge in [-0.3, -0.25) is 9.59 Å². The fraction of sp³-hybridized carbons (Fsp3) is 0.538. The summed E-state index contributed by atoms with van der Waals surface area (Å²) >= 11 is 0. The number of hydrogen-bond donors (Lipinski definition) is 2. The van der Waals surface area contributed by atoms with E-state index in [0.29, 0.717) is 5.69 Å². The van der Waals surface area contributed by atoms with Crippen molar-refractivity contribution in [1.29, 1.82) is 0 Å². The molecule has 100 valence electrons. The minimum Gasteiger partial charge on any atom is -0.323 e. The Morgan fingerprint density at radius 2 is 2.00 bits per heavy atom. The molecule has 1 aromatic heterocycles. The lowest BCUT2D eigenvalue weighted by Gasteiger charge is -2.26. The van der Waals surface area contributed by atoms with Crippen LogP contribution in [0.1, 0.15) is 26.3 Å². The third-order valence-corrected chi connectivity index (χ3v) is 2.91. The van der Waals surface area contributed by atoms with Crippen LogP contribution in [0.25, 0.3) is 0 Å². The summed E-state index contributed by atoms with van der Waals surface area (Å²) in [6, 6.07) is 0.882. The summed E-state index contributed by atoms with van der Waals surface area (Å²) in [6.07, 6.45) is 1.60. The van der Waals surface area contributed by atoms with Crippen molar-refractivity contribution in [1.82, 2.24) is 4.57 Å². The molecule has 0 bridgehead atoms. The number of carbonyl (C=O) groups excluding carboxylic acids is 1. The normalized spacial score (nSPS) is 13.2. The first-order chi connectivity index (χ1) is 8.12. The Hall–Kier alpha value is -1.62. The predicted molar refractivity (Wildman–Crippen MR) is 72.5 cm³/mol. The standard InChI is InChI=1S/C13H21N3O2/c1-8-6-10(17)16(5)7-9(8)15-12(18)11(14)13(2,3)4/h6-7,11H,14H2,1-5H3,(H,15,18)/t11-/m1/s1. The largest absolute Gasteiger partial charge is 0.323 e. The van der Waals surface area contributed by atoms with Gasteiger partial charge in [0.2, 0.25) is 5.91 Å². The van der Waals surface area contributed by atoms with Gasteiger partial charge in [-0.15, -0.1) is 0 Å². The first-order valence-electron chi connectivity index (χ1n) is 5.86. The molecule has 1 amide bonds. The van der Waals surface area contributed by atoms with E-state index >= 15 is 0 Å². The zero-order valence-corrected chi connectivity index (χ0v) is 11.6. The highest BCUT2D eigenvalue weighted by Gasteiger charge is 2.27. The van der Waals surface area contributed by atoms with Gasteiger partial charge in [0, 0.05) is 19.3 Å². The van der Waals surface area contributed by atoms with Crippen LogP contribution in [0, 0.1) is 12.3 Å². The van der Waals surface area contributed by atoms with Crippen LogP contribution in [0.5, 0.6) is 0 Å². The zero-order chi connectivity index (χ0) is 14.1. The van der Waals surface area contributed by atoms with Crippen molar-refractivity contribution in [2.24, 2.45) is 18.2 Å². The molecular weight excluding hydrogens is 230 g/mol. The van der Waals surface area contributed by atoms with E-state index in [4.69, 9.17) is 5.73 Å². The van der Waals surface area contributed by atoms with Gasteiger partial charge < -0.3 is 15.6 Å². The van der Waals surface area contributed by atoms with Crippen molar-refractivity contribution in [3.8, 4) is 0 Å². The SMILES string of the molecule is Cc1cc(=O)n(C)cc1NC(=O)[C@@H](N)C(C)(C)C. The lowest BCUT2D eigenvalue weighted by Crippen LogP contribution is -2.45. The molecule has 0 radical (unpaired) electrons. The smallest absolute Gasteiger partial charge is 0.250 e. The van der Waals surface area contributed by atoms with Crippen LogP contribution >= 0.6 is 0 Å². The molecule has 3 N–H and O–H groups in total. The Bertz CT molecular complexity index is 512. The highest BCUT2D eigenvalue weighted by molar-refractivity contribution is 5.95. The summed E-state index contributed by atoms with van der Waals surface area (Å²) < 4.78 is 1.42. The van der Waals surface area contributed by atoms with E-state index in [2.05, 4.69) is 5.32 Å². The average molecular weight is 251 g/mol. The second kappa shape index (κ2) is 4.94. The van der Waals surface area contributed by atoms with Gasteiger partial charge >= 0.3 is 0 Å². The first kappa shape index (κ1) is 14.4. The summed E-state index contributed by atoms with van der Waals surface area (Å²) in [5.74, 6) is -0.246. The summed E-state index contributed by atoms with van der Waals surface area (Å²) in [4.78, 5) is 23.4. The molecule has 5 nitrogen and oxygen atoms in total. The van der Waals surface area contributed by atoms with Gasteiger partial charge in [0.05, 0.1) is 11.7 Å². The molecule has 1 rings (SSSR count). The van der Waals surface area contributed by atoms with Gasteiger partial charge in [0.15, 0.2) is 0 Å². The number of nitrogens with two attached hydrogens (primary N) is 1. The number of pyridine rings is 1. The third kappa shape index (κ3) is 3.20. The number of nitrogens with one attached hydrogen (secondary N) is 1. The van der Waals surface area contributed by atoms with Gasteiger partial charge in [-0.05, 0) is 17.9 Å². The maximum absolute atomic E-state index is 12.0. The lowest BCUT2D eigenvalue weighted by molar-refractivity contribution is -0.119. The summed E-state index contributed by atoms with van der Waals surface area (Å²) in [5.41, 5.74) is 6.81. The number of carbonyl (C=O) groups is 1. The second-order valence-electron chi connectivity index (χ2n) is 5.65. The van der Waals surface area contributed by atoms with Crippen molar-refractivity contribution in [3.63, 3.8) is 0 Å². The molecule has 0 spiro atoms. The highest BCUT2D eigenvalue weighted by atomic mass is 16.2.